The van der Waals surface area contributed by atoms with Gasteiger partial charge in [0.1, 0.15) is 17.6 Å². The average molecular weight is 329 g/mol. The maximum atomic E-state index is 12.8. The van der Waals surface area contributed by atoms with Crippen LogP contribution in [0.3, 0.4) is 0 Å². The van der Waals surface area contributed by atoms with Crippen LogP contribution in [0.2, 0.25) is 0 Å². The number of ether oxygens (including phenoxy) is 2. The molecule has 0 aliphatic carbocycles. The molecule has 23 heavy (non-hydrogen) atoms. The van der Waals surface area contributed by atoms with E-state index in [-0.39, 0.29) is 24.5 Å². The van der Waals surface area contributed by atoms with E-state index in [0.29, 0.717) is 0 Å². The number of methoxy groups -OCH3 is 1. The number of pyridine rings is 1. The summed E-state index contributed by atoms with van der Waals surface area (Å²) >= 11 is 0. The topological polar surface area (TPSA) is 75.5 Å². The minimum atomic E-state index is -4.62. The van der Waals surface area contributed by atoms with Gasteiger partial charge in [0.25, 0.3) is 0 Å². The van der Waals surface area contributed by atoms with E-state index in [4.69, 9.17) is 10.00 Å². The molecule has 1 aliphatic rings. The van der Waals surface area contributed by atoms with Gasteiger partial charge in [-0.1, -0.05) is 0 Å². The number of morpholine rings is 1. The van der Waals surface area contributed by atoms with Crippen LogP contribution in [-0.4, -0.2) is 43.4 Å². The van der Waals surface area contributed by atoms with E-state index < -0.39 is 30.0 Å². The fraction of sp³-hybridized carbons (Fsp3) is 0.500. The molecule has 6 nitrogen and oxygen atoms in total. The van der Waals surface area contributed by atoms with E-state index in [1.807, 2.05) is 6.07 Å². The Bertz CT molecular complexity index is 642. The number of aromatic nitrogens is 1. The van der Waals surface area contributed by atoms with Gasteiger partial charge < -0.3 is 14.4 Å². The first kappa shape index (κ1) is 17.0. The molecular weight excluding hydrogens is 315 g/mol. The molecule has 1 fully saturated rings. The van der Waals surface area contributed by atoms with Gasteiger partial charge in [-0.3, -0.25) is 0 Å². The number of anilines is 1. The number of alkyl halides is 3. The summed E-state index contributed by atoms with van der Waals surface area (Å²) < 4.78 is 48.5. The van der Waals surface area contributed by atoms with Crippen LogP contribution in [-0.2, 0) is 20.4 Å². The highest BCUT2D eigenvalue weighted by atomic mass is 19.4. The van der Waals surface area contributed by atoms with E-state index in [1.165, 1.54) is 12.0 Å². The molecule has 0 N–H and O–H groups in total. The van der Waals surface area contributed by atoms with Crippen LogP contribution >= 0.6 is 0 Å². The van der Waals surface area contributed by atoms with Gasteiger partial charge in [0.2, 0.25) is 0 Å². The standard InChI is InChI=1S/C14H14F3N3O3/c1-8-6-20(7-10(23-8)13(21)22-2)12-9(5-18)3-4-11(19-12)14(15,16)17/h3-4,8,10H,6-7H2,1-2H3/t8-,10?/m1/s1. The first-order valence-corrected chi connectivity index (χ1v) is 6.72. The van der Waals surface area contributed by atoms with E-state index in [0.717, 1.165) is 12.1 Å². The zero-order valence-electron chi connectivity index (χ0n) is 12.4. The number of rotatable bonds is 2. The molecule has 2 atom stereocenters. The monoisotopic (exact) mass is 329 g/mol. The van der Waals surface area contributed by atoms with Crippen LogP contribution in [0.4, 0.5) is 19.0 Å². The Hall–Kier alpha value is -2.34. The molecule has 124 valence electrons. The van der Waals surface area contributed by atoms with E-state index in [9.17, 15) is 18.0 Å². The molecule has 2 heterocycles. The maximum absolute atomic E-state index is 12.8. The normalized spacial score (nSPS) is 21.7. The summed E-state index contributed by atoms with van der Waals surface area (Å²) in [6.07, 6.45) is -6.01. The smallest absolute Gasteiger partial charge is 0.433 e. The van der Waals surface area contributed by atoms with Gasteiger partial charge in [-0.05, 0) is 19.1 Å². The van der Waals surface area contributed by atoms with Crippen molar-refractivity contribution < 1.29 is 27.4 Å². The first-order valence-electron chi connectivity index (χ1n) is 6.72. The fourth-order valence-corrected chi connectivity index (χ4v) is 2.32. The largest absolute Gasteiger partial charge is 0.467 e. The lowest BCUT2D eigenvalue weighted by molar-refractivity contribution is -0.158. The Morgan fingerprint density at radius 1 is 1.48 bits per heavy atom. The number of esters is 1. The van der Waals surface area contributed by atoms with Crippen LogP contribution in [0.5, 0.6) is 0 Å². The van der Waals surface area contributed by atoms with Crippen molar-refractivity contribution in [3.8, 4) is 6.07 Å². The van der Waals surface area contributed by atoms with Gasteiger partial charge in [0.15, 0.2) is 6.10 Å². The lowest BCUT2D eigenvalue weighted by Gasteiger charge is -2.36. The van der Waals surface area contributed by atoms with Crippen LogP contribution in [0.25, 0.3) is 0 Å². The van der Waals surface area contributed by atoms with Gasteiger partial charge in [-0.15, -0.1) is 0 Å². The highest BCUT2D eigenvalue weighted by Gasteiger charge is 2.36. The Balaban J connectivity index is 2.39. The van der Waals surface area contributed by atoms with Crippen molar-refractivity contribution in [2.24, 2.45) is 0 Å². The molecule has 9 heteroatoms. The Labute approximate surface area is 130 Å². The molecule has 1 aromatic rings. The summed E-state index contributed by atoms with van der Waals surface area (Å²) in [5, 5.41) is 9.11. The summed E-state index contributed by atoms with van der Waals surface area (Å²) in [6, 6.07) is 3.64. The van der Waals surface area contributed by atoms with Gasteiger partial charge >= 0.3 is 12.1 Å². The van der Waals surface area contributed by atoms with E-state index in [2.05, 4.69) is 9.72 Å². The van der Waals surface area contributed by atoms with Crippen LogP contribution in [0.15, 0.2) is 12.1 Å². The summed E-state index contributed by atoms with van der Waals surface area (Å²) in [4.78, 5) is 16.6. The van der Waals surface area contributed by atoms with Gasteiger partial charge in [-0.2, -0.15) is 18.4 Å². The van der Waals surface area contributed by atoms with Gasteiger partial charge in [0.05, 0.1) is 25.3 Å². The molecule has 0 bridgehead atoms. The number of nitrogens with zero attached hydrogens (tertiary/aromatic N) is 3. The number of carbonyl (C=O) groups is 1. The van der Waals surface area contributed by atoms with E-state index in [1.54, 1.807) is 6.92 Å². The second-order valence-corrected chi connectivity index (χ2v) is 5.04. The Kier molecular flexibility index (Phi) is 4.75. The molecule has 0 radical (unpaired) electrons. The van der Waals surface area contributed by atoms with Crippen molar-refractivity contribution in [1.82, 2.24) is 4.98 Å². The Morgan fingerprint density at radius 2 is 2.17 bits per heavy atom. The molecule has 1 aromatic heterocycles. The number of halogens is 3. The third kappa shape index (κ3) is 3.71. The lowest BCUT2D eigenvalue weighted by Crippen LogP contribution is -2.50. The number of carbonyl (C=O) groups excluding carboxylic acids is 1. The zero-order chi connectivity index (χ0) is 17.2. The average Bonchev–Trinajstić information content (AvgIpc) is 2.51. The minimum Gasteiger partial charge on any atom is -0.467 e. The van der Waals surface area contributed by atoms with Crippen LogP contribution in [0, 0.1) is 11.3 Å². The molecule has 0 spiro atoms. The first-order chi connectivity index (χ1) is 10.8. The minimum absolute atomic E-state index is 0.00397. The second-order valence-electron chi connectivity index (χ2n) is 5.04. The summed E-state index contributed by atoms with van der Waals surface area (Å²) in [7, 11) is 1.19. The highest BCUT2D eigenvalue weighted by Crippen LogP contribution is 2.31. The van der Waals surface area contributed by atoms with Crippen molar-refractivity contribution in [1.29, 1.82) is 5.26 Å². The van der Waals surface area contributed by atoms with Gasteiger partial charge in [-0.25, -0.2) is 9.78 Å². The molecule has 2 rings (SSSR count). The quantitative estimate of drug-likeness (QED) is 0.769. The number of nitriles is 1. The van der Waals surface area contributed by atoms with E-state index >= 15 is 0 Å². The SMILES string of the molecule is COC(=O)C1CN(c2nc(C(F)(F)F)ccc2C#N)C[C@@H](C)O1. The zero-order valence-corrected chi connectivity index (χ0v) is 12.4. The van der Waals surface area contributed by atoms with Crippen molar-refractivity contribution in [3.63, 3.8) is 0 Å². The third-order valence-corrected chi connectivity index (χ3v) is 3.31. The summed E-state index contributed by atoms with van der Waals surface area (Å²) in [5.41, 5.74) is -1.10. The molecular formula is C14H14F3N3O3. The summed E-state index contributed by atoms with van der Waals surface area (Å²) in [6.45, 7) is 1.83. The molecule has 1 unspecified atom stereocenters. The molecule has 0 saturated carbocycles. The maximum Gasteiger partial charge on any atom is 0.433 e. The van der Waals surface area contributed by atoms with Crippen molar-refractivity contribution in [3.05, 3.63) is 23.4 Å². The van der Waals surface area contributed by atoms with Crippen molar-refractivity contribution >= 4 is 11.8 Å². The second kappa shape index (κ2) is 6.42. The van der Waals surface area contributed by atoms with Gasteiger partial charge in [0, 0.05) is 6.54 Å². The fourth-order valence-electron chi connectivity index (χ4n) is 2.32. The predicted octanol–water partition coefficient (Wildman–Crippen LogP) is 1.74. The molecule has 0 amide bonds. The molecule has 1 aliphatic heterocycles. The third-order valence-electron chi connectivity index (χ3n) is 3.31. The molecule has 1 saturated heterocycles. The lowest BCUT2D eigenvalue weighted by atomic mass is 10.1. The van der Waals surface area contributed by atoms with Crippen molar-refractivity contribution in [2.45, 2.75) is 25.3 Å². The van der Waals surface area contributed by atoms with Crippen molar-refractivity contribution in [2.75, 3.05) is 25.1 Å². The van der Waals surface area contributed by atoms with Crippen LogP contribution < -0.4 is 4.90 Å². The summed E-state index contributed by atoms with van der Waals surface area (Å²) in [5.74, 6) is -0.751. The number of hydrogen-bond acceptors (Lipinski definition) is 6. The highest BCUT2D eigenvalue weighted by molar-refractivity contribution is 5.76. The van der Waals surface area contributed by atoms with Crippen LogP contribution in [0.1, 0.15) is 18.2 Å². The predicted molar refractivity (Wildman–Crippen MR) is 72.5 cm³/mol. The molecule has 0 aromatic carbocycles. The number of hydrogen-bond donors (Lipinski definition) is 0. The Morgan fingerprint density at radius 3 is 2.74 bits per heavy atom.